The molecule has 0 fully saturated rings. The van der Waals surface area contributed by atoms with Gasteiger partial charge in [-0.05, 0) is 67.8 Å². The van der Waals surface area contributed by atoms with Gasteiger partial charge >= 0.3 is 0 Å². The van der Waals surface area contributed by atoms with Crippen molar-refractivity contribution in [3.8, 4) is 17.0 Å². The molecular weight excluding hydrogens is 480 g/mol. The van der Waals surface area contributed by atoms with Crippen LogP contribution >= 0.6 is 0 Å². The molecule has 0 saturated carbocycles. The number of aromatic nitrogens is 1. The minimum Gasteiger partial charge on any atom is -0.489 e. The van der Waals surface area contributed by atoms with Crippen LogP contribution < -0.4 is 9.64 Å². The molecule has 1 atom stereocenters. The summed E-state index contributed by atoms with van der Waals surface area (Å²) in [4.78, 5) is 15.7. The van der Waals surface area contributed by atoms with E-state index in [0.29, 0.717) is 6.61 Å². The number of fused-ring (bicyclic) bond motifs is 1. The van der Waals surface area contributed by atoms with Gasteiger partial charge in [-0.2, -0.15) is 0 Å². The number of aryl methyl sites for hydroxylation is 2. The molecule has 0 bridgehead atoms. The molecule has 5 aromatic rings. The highest BCUT2D eigenvalue weighted by atomic mass is 16.5. The normalized spacial score (nSPS) is 15.4. The van der Waals surface area contributed by atoms with Gasteiger partial charge in [0.25, 0.3) is 5.91 Å². The molecule has 1 aliphatic heterocycles. The zero-order valence-corrected chi connectivity index (χ0v) is 22.8. The Morgan fingerprint density at radius 2 is 1.44 bits per heavy atom. The van der Waals surface area contributed by atoms with Crippen LogP contribution in [0.25, 0.3) is 22.2 Å². The van der Waals surface area contributed by atoms with Gasteiger partial charge in [0.15, 0.2) is 0 Å². The molecule has 0 radical (unpaired) electrons. The highest BCUT2D eigenvalue weighted by Gasteiger charge is 2.40. The van der Waals surface area contributed by atoms with Crippen molar-refractivity contribution in [2.75, 3.05) is 4.90 Å². The topological polar surface area (TPSA) is 34.5 Å². The molecule has 1 amide bonds. The van der Waals surface area contributed by atoms with Crippen LogP contribution in [0.1, 0.15) is 36.6 Å². The molecule has 194 valence electrons. The molecule has 0 spiro atoms. The van der Waals surface area contributed by atoms with E-state index >= 15 is 0 Å². The zero-order chi connectivity index (χ0) is 27.1. The minimum absolute atomic E-state index is 0.0400. The third kappa shape index (κ3) is 4.32. The van der Waals surface area contributed by atoms with E-state index in [1.807, 2.05) is 54.3 Å². The van der Waals surface area contributed by atoms with E-state index in [4.69, 9.17) is 4.74 Å². The van der Waals surface area contributed by atoms with Crippen molar-refractivity contribution in [1.29, 1.82) is 0 Å². The molecule has 1 unspecified atom stereocenters. The van der Waals surface area contributed by atoms with Gasteiger partial charge < -0.3 is 9.30 Å². The summed E-state index contributed by atoms with van der Waals surface area (Å²) in [6, 6.07) is 34.9. The number of hydrogen-bond acceptors (Lipinski definition) is 2. The lowest BCUT2D eigenvalue weighted by molar-refractivity contribution is -0.114. The Hall–Kier alpha value is -4.57. The van der Waals surface area contributed by atoms with E-state index < -0.39 is 0 Å². The molecule has 4 heteroatoms. The van der Waals surface area contributed by atoms with Gasteiger partial charge in [-0.25, -0.2) is 0 Å². The lowest BCUT2D eigenvalue weighted by Gasteiger charge is -2.28. The first-order valence-electron chi connectivity index (χ1n) is 13.4. The number of nitrogens with zero attached hydrogens (tertiary/aromatic N) is 2. The van der Waals surface area contributed by atoms with Gasteiger partial charge in [-0.3, -0.25) is 9.69 Å². The van der Waals surface area contributed by atoms with Crippen LogP contribution in [-0.4, -0.2) is 10.5 Å². The van der Waals surface area contributed by atoms with E-state index in [1.54, 1.807) is 0 Å². The maximum atomic E-state index is 13.8. The molecule has 0 N–H and O–H groups in total. The molecule has 4 aromatic carbocycles. The second-order valence-corrected chi connectivity index (χ2v) is 10.4. The van der Waals surface area contributed by atoms with Crippen LogP contribution in [0.4, 0.5) is 5.69 Å². The summed E-state index contributed by atoms with van der Waals surface area (Å²) in [5, 5.41) is 1.16. The van der Waals surface area contributed by atoms with E-state index in [2.05, 4.69) is 86.1 Å². The minimum atomic E-state index is -0.212. The smallest absolute Gasteiger partial charge is 0.254 e. The Balaban J connectivity index is 1.44. The van der Waals surface area contributed by atoms with Crippen LogP contribution in [0.2, 0.25) is 0 Å². The van der Waals surface area contributed by atoms with Gasteiger partial charge in [-0.1, -0.05) is 78.4 Å². The summed E-state index contributed by atoms with van der Waals surface area (Å²) in [5.74, 6) is 0.816. The van der Waals surface area contributed by atoms with E-state index in [0.717, 1.165) is 55.9 Å². The third-order valence-electron chi connectivity index (χ3n) is 7.91. The fourth-order valence-corrected chi connectivity index (χ4v) is 5.68. The zero-order valence-electron chi connectivity index (χ0n) is 22.8. The largest absolute Gasteiger partial charge is 0.489 e. The maximum Gasteiger partial charge on any atom is 0.254 e. The third-order valence-corrected chi connectivity index (χ3v) is 7.91. The predicted octanol–water partition coefficient (Wildman–Crippen LogP) is 8.16. The number of para-hydroxylation sites is 1. The van der Waals surface area contributed by atoms with Gasteiger partial charge in [0, 0.05) is 34.8 Å². The van der Waals surface area contributed by atoms with Crippen molar-refractivity contribution in [2.24, 2.45) is 7.05 Å². The van der Waals surface area contributed by atoms with Crippen LogP contribution in [0, 0.1) is 6.92 Å². The molecule has 4 nitrogen and oxygen atoms in total. The highest BCUT2D eigenvalue weighted by molar-refractivity contribution is 6.11. The molecule has 6 rings (SSSR count). The number of amides is 1. The van der Waals surface area contributed by atoms with Crippen molar-refractivity contribution < 1.29 is 9.53 Å². The standard InChI is InChI=1S/C35H32N2O2/c1-23-14-16-27(17-15-23)34-32(30-12-8-9-13-31(30)36(34)4)33-24(2)25(3)35(38)37(33)28-18-20-29(21-19-28)39-22-26-10-6-5-7-11-26/h5-21,33H,22H2,1-4H3. The van der Waals surface area contributed by atoms with Gasteiger partial charge in [0.2, 0.25) is 0 Å². The molecule has 39 heavy (non-hydrogen) atoms. The van der Waals surface area contributed by atoms with Crippen molar-refractivity contribution in [1.82, 2.24) is 4.57 Å². The molecule has 0 aliphatic carbocycles. The van der Waals surface area contributed by atoms with Crippen molar-refractivity contribution in [3.63, 3.8) is 0 Å². The second-order valence-electron chi connectivity index (χ2n) is 10.4. The molecule has 1 aromatic heterocycles. The summed E-state index contributed by atoms with van der Waals surface area (Å²) in [6.45, 7) is 6.64. The predicted molar refractivity (Wildman–Crippen MR) is 159 cm³/mol. The van der Waals surface area contributed by atoms with Crippen LogP contribution in [0.5, 0.6) is 5.75 Å². The Labute approximate surface area is 229 Å². The molecular formula is C35H32N2O2. The highest BCUT2D eigenvalue weighted by Crippen LogP contribution is 2.47. The molecule has 1 aliphatic rings. The number of carbonyl (C=O) groups excluding carboxylic acids is 1. The van der Waals surface area contributed by atoms with E-state index in [-0.39, 0.29) is 11.9 Å². The fourth-order valence-electron chi connectivity index (χ4n) is 5.68. The van der Waals surface area contributed by atoms with Crippen LogP contribution in [0.15, 0.2) is 114 Å². The average molecular weight is 513 g/mol. The lowest BCUT2D eigenvalue weighted by atomic mass is 9.93. The van der Waals surface area contributed by atoms with Gasteiger partial charge in [-0.15, -0.1) is 0 Å². The maximum absolute atomic E-state index is 13.8. The monoisotopic (exact) mass is 512 g/mol. The summed E-state index contributed by atoms with van der Waals surface area (Å²) >= 11 is 0. The van der Waals surface area contributed by atoms with Crippen LogP contribution in [0.3, 0.4) is 0 Å². The van der Waals surface area contributed by atoms with Crippen LogP contribution in [-0.2, 0) is 18.4 Å². The Bertz CT molecular complexity index is 1690. The second kappa shape index (κ2) is 9.95. The average Bonchev–Trinajstić information content (AvgIpc) is 3.38. The summed E-state index contributed by atoms with van der Waals surface area (Å²) in [7, 11) is 2.12. The Morgan fingerprint density at radius 3 is 2.15 bits per heavy atom. The number of rotatable bonds is 6. The first-order valence-corrected chi connectivity index (χ1v) is 13.4. The number of ether oxygens (including phenoxy) is 1. The van der Waals surface area contributed by atoms with Gasteiger partial charge in [0.05, 0.1) is 11.7 Å². The number of anilines is 1. The first kappa shape index (κ1) is 24.7. The van der Waals surface area contributed by atoms with Gasteiger partial charge in [0.1, 0.15) is 12.4 Å². The van der Waals surface area contributed by atoms with E-state index in [9.17, 15) is 4.79 Å². The number of carbonyl (C=O) groups is 1. The van der Waals surface area contributed by atoms with Crippen molar-refractivity contribution in [2.45, 2.75) is 33.4 Å². The Morgan fingerprint density at radius 1 is 0.769 bits per heavy atom. The fraction of sp³-hybridized carbons (Fsp3) is 0.171. The summed E-state index contributed by atoms with van der Waals surface area (Å²) in [6.07, 6.45) is 0. The Kier molecular flexibility index (Phi) is 6.32. The number of hydrogen-bond donors (Lipinski definition) is 0. The summed E-state index contributed by atoms with van der Waals surface area (Å²) in [5.41, 5.74) is 9.66. The molecule has 0 saturated heterocycles. The number of benzene rings is 4. The quantitative estimate of drug-likeness (QED) is 0.230. The molecule has 2 heterocycles. The first-order chi connectivity index (χ1) is 18.9. The SMILES string of the molecule is CC1=C(C)C(c2c(-c3ccc(C)cc3)n(C)c3ccccc23)N(c2ccc(OCc3ccccc3)cc2)C1=O. The van der Waals surface area contributed by atoms with E-state index in [1.165, 1.54) is 5.56 Å². The lowest BCUT2D eigenvalue weighted by Crippen LogP contribution is -2.30. The van der Waals surface area contributed by atoms with Crippen molar-refractivity contribution in [3.05, 3.63) is 131 Å². The van der Waals surface area contributed by atoms with Crippen molar-refractivity contribution >= 4 is 22.5 Å². The summed E-state index contributed by atoms with van der Waals surface area (Å²) < 4.78 is 8.28.